The number of hydrogen-bond acceptors (Lipinski definition) is 4. The van der Waals surface area contributed by atoms with Gasteiger partial charge >= 0.3 is 0 Å². The SMILES string of the molecule is CC(CO)C1=C(I)C(C(N)=O)C(O)(I)C(C(N)=O)=C1I. The molecule has 0 saturated heterocycles. The third-order valence-electron chi connectivity index (χ3n) is 3.00. The Morgan fingerprint density at radius 1 is 1.40 bits per heavy atom. The molecule has 0 heterocycles. The summed E-state index contributed by atoms with van der Waals surface area (Å²) in [7, 11) is 0. The van der Waals surface area contributed by atoms with Gasteiger partial charge in [0.05, 0.1) is 5.57 Å². The Morgan fingerprint density at radius 2 is 1.90 bits per heavy atom. The molecule has 3 unspecified atom stereocenters. The number of halogens is 3. The number of carbonyl (C=O) groups is 2. The van der Waals surface area contributed by atoms with Crippen LogP contribution in [0.25, 0.3) is 0 Å². The van der Waals surface area contributed by atoms with Crippen molar-refractivity contribution in [3.8, 4) is 0 Å². The first-order valence-electron chi connectivity index (χ1n) is 5.48. The summed E-state index contributed by atoms with van der Waals surface area (Å²) in [6, 6.07) is 0. The van der Waals surface area contributed by atoms with Crippen molar-refractivity contribution in [1.29, 1.82) is 0 Å². The van der Waals surface area contributed by atoms with Crippen LogP contribution in [0.5, 0.6) is 0 Å². The zero-order valence-corrected chi connectivity index (χ0v) is 16.8. The van der Waals surface area contributed by atoms with E-state index in [0.29, 0.717) is 12.7 Å². The molecule has 0 spiro atoms. The normalized spacial score (nSPS) is 28.6. The van der Waals surface area contributed by atoms with Crippen LogP contribution in [0.4, 0.5) is 0 Å². The maximum Gasteiger partial charge on any atom is 0.249 e. The van der Waals surface area contributed by atoms with Crippen LogP contribution in [-0.4, -0.2) is 32.2 Å². The molecule has 0 aliphatic heterocycles. The van der Waals surface area contributed by atoms with E-state index in [0.717, 1.165) is 0 Å². The standard InChI is InChI=1S/C11H13I3N2O4/c1-3(2-17)4-7(12)5(9(15)18)11(14,20)6(8(4)13)10(16)19/h3,5,17,20H,2H2,1H3,(H2,15,18)(H2,16,19). The second kappa shape index (κ2) is 6.75. The zero-order valence-electron chi connectivity index (χ0n) is 10.4. The minimum atomic E-state index is -1.79. The van der Waals surface area contributed by atoms with Gasteiger partial charge in [0.1, 0.15) is 5.92 Å². The molecule has 2 amide bonds. The maximum atomic E-state index is 11.7. The van der Waals surface area contributed by atoms with Crippen molar-refractivity contribution in [3.63, 3.8) is 0 Å². The van der Waals surface area contributed by atoms with Crippen molar-refractivity contribution in [2.45, 2.75) is 10.5 Å². The van der Waals surface area contributed by atoms with Crippen LogP contribution in [0.2, 0.25) is 0 Å². The number of alkyl halides is 1. The second-order valence-electron chi connectivity index (χ2n) is 4.41. The number of carbonyl (C=O) groups excluding carboxylic acids is 2. The summed E-state index contributed by atoms with van der Waals surface area (Å²) in [6.45, 7) is 1.59. The highest BCUT2D eigenvalue weighted by atomic mass is 127. The molecule has 112 valence electrons. The molecule has 0 aromatic rings. The Labute approximate surface area is 156 Å². The number of rotatable bonds is 4. The quantitative estimate of drug-likeness (QED) is 0.274. The Hall–Kier alpha value is 0.530. The topological polar surface area (TPSA) is 127 Å². The summed E-state index contributed by atoms with van der Waals surface area (Å²) in [5.74, 6) is -2.95. The Bertz CT molecular complexity index is 528. The van der Waals surface area contributed by atoms with Gasteiger partial charge < -0.3 is 21.7 Å². The third-order valence-corrected chi connectivity index (χ3v) is 6.48. The van der Waals surface area contributed by atoms with E-state index in [4.69, 9.17) is 11.5 Å². The van der Waals surface area contributed by atoms with Gasteiger partial charge in [-0.15, -0.1) is 0 Å². The van der Waals surface area contributed by atoms with Crippen LogP contribution in [0.3, 0.4) is 0 Å². The monoisotopic (exact) mass is 618 g/mol. The maximum absolute atomic E-state index is 11.7. The summed E-state index contributed by atoms with van der Waals surface area (Å²) in [5.41, 5.74) is 11.3. The smallest absolute Gasteiger partial charge is 0.249 e. The molecule has 1 aliphatic carbocycles. The Morgan fingerprint density at radius 3 is 2.25 bits per heavy atom. The molecule has 0 radical (unpaired) electrons. The van der Waals surface area contributed by atoms with Crippen LogP contribution in [0.15, 0.2) is 18.3 Å². The number of aliphatic hydroxyl groups excluding tert-OH is 1. The molecule has 0 saturated carbocycles. The zero-order chi connectivity index (χ0) is 15.8. The first-order valence-corrected chi connectivity index (χ1v) is 8.72. The molecular formula is C11H13I3N2O4. The van der Waals surface area contributed by atoms with Crippen molar-refractivity contribution in [2.24, 2.45) is 23.3 Å². The van der Waals surface area contributed by atoms with Gasteiger partial charge in [-0.3, -0.25) is 9.59 Å². The van der Waals surface area contributed by atoms with Crippen LogP contribution in [0.1, 0.15) is 6.92 Å². The van der Waals surface area contributed by atoms with E-state index < -0.39 is 21.3 Å². The predicted octanol–water partition coefficient (Wildman–Crippen LogP) is 0.717. The lowest BCUT2D eigenvalue weighted by Gasteiger charge is -2.37. The lowest BCUT2D eigenvalue weighted by atomic mass is 9.83. The first-order chi connectivity index (χ1) is 9.07. The third kappa shape index (κ3) is 3.15. The molecule has 0 fully saturated rings. The molecule has 20 heavy (non-hydrogen) atoms. The van der Waals surface area contributed by atoms with Gasteiger partial charge in [0.15, 0.2) is 3.61 Å². The van der Waals surface area contributed by atoms with Gasteiger partial charge in [0.2, 0.25) is 11.8 Å². The van der Waals surface area contributed by atoms with Gasteiger partial charge in [-0.1, -0.05) is 6.92 Å². The first kappa shape index (κ1) is 18.6. The number of allylic oxidation sites excluding steroid dienone is 1. The molecule has 0 aromatic heterocycles. The molecule has 9 heteroatoms. The molecule has 6 nitrogen and oxygen atoms in total. The fourth-order valence-electron chi connectivity index (χ4n) is 2.00. The van der Waals surface area contributed by atoms with Gasteiger partial charge in [-0.05, 0) is 73.3 Å². The van der Waals surface area contributed by atoms with E-state index in [9.17, 15) is 19.8 Å². The van der Waals surface area contributed by atoms with E-state index in [1.807, 2.05) is 45.2 Å². The average molecular weight is 618 g/mol. The van der Waals surface area contributed by atoms with Gasteiger partial charge in [0.25, 0.3) is 0 Å². The van der Waals surface area contributed by atoms with Crippen LogP contribution in [-0.2, 0) is 9.59 Å². The molecule has 0 bridgehead atoms. The molecular weight excluding hydrogens is 605 g/mol. The summed E-state index contributed by atoms with van der Waals surface area (Å²) in [5, 5.41) is 19.9. The number of hydrogen-bond donors (Lipinski definition) is 4. The molecule has 1 aliphatic rings. The van der Waals surface area contributed by atoms with Crippen molar-refractivity contribution >= 4 is 79.6 Å². The Balaban J connectivity index is 3.68. The van der Waals surface area contributed by atoms with Gasteiger partial charge in [-0.25, -0.2) is 0 Å². The summed E-state index contributed by atoms with van der Waals surface area (Å²) in [4.78, 5) is 23.4. The lowest BCUT2D eigenvalue weighted by molar-refractivity contribution is -0.123. The van der Waals surface area contributed by atoms with Crippen molar-refractivity contribution < 1.29 is 19.8 Å². The molecule has 3 atom stereocenters. The van der Waals surface area contributed by atoms with E-state index in [-0.39, 0.29) is 18.1 Å². The predicted molar refractivity (Wildman–Crippen MR) is 99.2 cm³/mol. The highest BCUT2D eigenvalue weighted by molar-refractivity contribution is 14.1. The molecule has 6 N–H and O–H groups in total. The Kier molecular flexibility index (Phi) is 6.27. The van der Waals surface area contributed by atoms with E-state index in [1.54, 1.807) is 29.5 Å². The lowest BCUT2D eigenvalue weighted by Crippen LogP contribution is -2.48. The van der Waals surface area contributed by atoms with Crippen molar-refractivity contribution in [3.05, 3.63) is 18.3 Å². The number of nitrogens with two attached hydrogens (primary N) is 2. The summed E-state index contributed by atoms with van der Waals surface area (Å²) in [6.07, 6.45) is 0. The summed E-state index contributed by atoms with van der Waals surface area (Å²) >= 11 is 5.43. The highest BCUT2D eigenvalue weighted by Gasteiger charge is 2.51. The molecule has 0 aromatic carbocycles. The van der Waals surface area contributed by atoms with Gasteiger partial charge in [0, 0.05) is 19.7 Å². The van der Waals surface area contributed by atoms with E-state index in [2.05, 4.69) is 0 Å². The van der Waals surface area contributed by atoms with Crippen molar-refractivity contribution in [2.75, 3.05) is 6.61 Å². The average Bonchev–Trinajstić information content (AvgIpc) is 2.25. The number of amides is 2. The van der Waals surface area contributed by atoms with Crippen molar-refractivity contribution in [1.82, 2.24) is 0 Å². The second-order valence-corrected chi connectivity index (χ2v) is 8.29. The fourth-order valence-corrected chi connectivity index (χ4v) is 7.84. The molecule has 1 rings (SSSR count). The fraction of sp³-hybridized carbons (Fsp3) is 0.455. The number of primary amides is 2. The minimum absolute atomic E-state index is 0.0572. The minimum Gasteiger partial charge on any atom is -0.396 e. The van der Waals surface area contributed by atoms with Crippen LogP contribution >= 0.6 is 67.8 Å². The van der Waals surface area contributed by atoms with E-state index >= 15 is 0 Å². The largest absolute Gasteiger partial charge is 0.396 e. The highest BCUT2D eigenvalue weighted by Crippen LogP contribution is 2.51. The van der Waals surface area contributed by atoms with Gasteiger partial charge in [-0.2, -0.15) is 0 Å². The van der Waals surface area contributed by atoms with Crippen LogP contribution < -0.4 is 11.5 Å². The number of aliphatic hydroxyl groups is 2. The van der Waals surface area contributed by atoms with Crippen LogP contribution in [0, 0.1) is 11.8 Å². The van der Waals surface area contributed by atoms with E-state index in [1.165, 1.54) is 0 Å². The summed E-state index contributed by atoms with van der Waals surface area (Å²) < 4.78 is -0.820.